The Balaban J connectivity index is 1.11. The molecule has 5 aromatic rings. The molecule has 0 atom stereocenters. The number of para-hydroxylation sites is 1. The normalized spacial score (nSPS) is 11.1. The summed E-state index contributed by atoms with van der Waals surface area (Å²) in [6.07, 6.45) is 3.17. The summed E-state index contributed by atoms with van der Waals surface area (Å²) in [4.78, 5) is 31.3. The number of urea groups is 1. The fourth-order valence-corrected chi connectivity index (χ4v) is 4.75. The average molecular weight is 595 g/mol. The standard InChI is InChI=1S/C33H38N8O3/c1-2-41(20-21-42)19-6-22-44-28-15-11-25(12-16-28)30-39-29-31(35-23-36-32(29)40-30)34-18-17-24-9-13-27(14-10-24)38-33(43)37-26-7-4-3-5-8-26/h3-5,7-16,23,42H,2,6,17-22H2,1H3,(H2,37,38,43)(H2,34,35,36,39,40). The first-order chi connectivity index (χ1) is 21.6. The first kappa shape index (κ1) is 30.5. The van der Waals surface area contributed by atoms with Crippen LogP contribution in [0.1, 0.15) is 18.9 Å². The minimum atomic E-state index is -0.286. The predicted molar refractivity (Wildman–Crippen MR) is 174 cm³/mol. The van der Waals surface area contributed by atoms with Crippen molar-refractivity contribution < 1.29 is 14.6 Å². The molecule has 0 saturated carbocycles. The number of nitrogens with one attached hydrogen (secondary N) is 4. The van der Waals surface area contributed by atoms with E-state index in [9.17, 15) is 4.79 Å². The van der Waals surface area contributed by atoms with Gasteiger partial charge in [-0.25, -0.2) is 19.7 Å². The van der Waals surface area contributed by atoms with E-state index in [4.69, 9.17) is 14.8 Å². The van der Waals surface area contributed by atoms with Gasteiger partial charge in [0.05, 0.1) is 13.2 Å². The van der Waals surface area contributed by atoms with Crippen molar-refractivity contribution in [2.75, 3.05) is 55.3 Å². The van der Waals surface area contributed by atoms with E-state index in [1.165, 1.54) is 6.33 Å². The molecule has 0 fully saturated rings. The highest BCUT2D eigenvalue weighted by atomic mass is 16.5. The first-order valence-corrected chi connectivity index (χ1v) is 14.8. The fraction of sp³-hybridized carbons (Fsp3) is 0.273. The number of nitrogens with zero attached hydrogens (tertiary/aromatic N) is 4. The van der Waals surface area contributed by atoms with Gasteiger partial charge in [0.2, 0.25) is 0 Å². The number of benzene rings is 3. The maximum Gasteiger partial charge on any atom is 0.323 e. The number of H-pyrrole nitrogens is 1. The molecule has 5 N–H and O–H groups in total. The Morgan fingerprint density at radius 2 is 1.68 bits per heavy atom. The van der Waals surface area contributed by atoms with Crippen LogP contribution < -0.4 is 20.7 Å². The molecule has 2 aromatic heterocycles. The van der Waals surface area contributed by atoms with Crippen LogP contribution in [0.25, 0.3) is 22.6 Å². The molecule has 2 heterocycles. The van der Waals surface area contributed by atoms with Crippen LogP contribution in [0.3, 0.4) is 0 Å². The zero-order valence-electron chi connectivity index (χ0n) is 24.8. The zero-order valence-corrected chi connectivity index (χ0v) is 24.8. The number of fused-ring (bicyclic) bond motifs is 1. The number of aromatic nitrogens is 4. The van der Waals surface area contributed by atoms with Gasteiger partial charge in [0.15, 0.2) is 17.0 Å². The Labute approximate surface area is 256 Å². The second-order valence-corrected chi connectivity index (χ2v) is 10.2. The lowest BCUT2D eigenvalue weighted by Gasteiger charge is -2.18. The lowest BCUT2D eigenvalue weighted by atomic mass is 10.1. The molecule has 0 aliphatic heterocycles. The second-order valence-electron chi connectivity index (χ2n) is 10.2. The molecule has 5 rings (SSSR count). The Morgan fingerprint density at radius 1 is 0.932 bits per heavy atom. The smallest absolute Gasteiger partial charge is 0.323 e. The highest BCUT2D eigenvalue weighted by Crippen LogP contribution is 2.25. The minimum Gasteiger partial charge on any atom is -0.494 e. The van der Waals surface area contributed by atoms with E-state index in [0.717, 1.165) is 48.5 Å². The first-order valence-electron chi connectivity index (χ1n) is 14.8. The van der Waals surface area contributed by atoms with Crippen molar-refractivity contribution in [3.63, 3.8) is 0 Å². The Hall–Kier alpha value is -5.00. The van der Waals surface area contributed by atoms with Crippen molar-refractivity contribution in [1.29, 1.82) is 0 Å². The van der Waals surface area contributed by atoms with E-state index < -0.39 is 0 Å². The van der Waals surface area contributed by atoms with Crippen molar-refractivity contribution in [3.8, 4) is 17.1 Å². The van der Waals surface area contributed by atoms with E-state index in [-0.39, 0.29) is 12.6 Å². The highest BCUT2D eigenvalue weighted by Gasteiger charge is 2.12. The maximum atomic E-state index is 12.2. The lowest BCUT2D eigenvalue weighted by molar-refractivity contribution is 0.189. The number of aliphatic hydroxyl groups is 1. The third kappa shape index (κ3) is 8.52. The minimum absolute atomic E-state index is 0.174. The van der Waals surface area contributed by atoms with Crippen LogP contribution in [0.2, 0.25) is 0 Å². The number of rotatable bonds is 15. The topological polar surface area (TPSA) is 140 Å². The molecule has 11 heteroatoms. The molecule has 2 amide bonds. The summed E-state index contributed by atoms with van der Waals surface area (Å²) >= 11 is 0. The second kappa shape index (κ2) is 15.5. The zero-order chi connectivity index (χ0) is 30.6. The van der Waals surface area contributed by atoms with Crippen molar-refractivity contribution in [2.24, 2.45) is 0 Å². The summed E-state index contributed by atoms with van der Waals surface area (Å²) < 4.78 is 5.90. The Kier molecular flexibility index (Phi) is 10.7. The van der Waals surface area contributed by atoms with E-state index in [1.54, 1.807) is 0 Å². The number of hydrogen-bond donors (Lipinski definition) is 5. The van der Waals surface area contributed by atoms with Crippen LogP contribution in [0.4, 0.5) is 22.0 Å². The summed E-state index contributed by atoms with van der Waals surface area (Å²) in [7, 11) is 0. The molecule has 3 aromatic carbocycles. The van der Waals surface area contributed by atoms with Crippen LogP contribution in [0.15, 0.2) is 85.2 Å². The van der Waals surface area contributed by atoms with Gasteiger partial charge in [0.25, 0.3) is 0 Å². The number of anilines is 3. The average Bonchev–Trinajstić information content (AvgIpc) is 3.49. The molecule has 0 radical (unpaired) electrons. The molecule has 0 aliphatic rings. The van der Waals surface area contributed by atoms with Gasteiger partial charge in [-0.15, -0.1) is 0 Å². The van der Waals surface area contributed by atoms with Crippen LogP contribution in [-0.4, -0.2) is 75.4 Å². The van der Waals surface area contributed by atoms with Gasteiger partial charge in [-0.05, 0) is 73.5 Å². The lowest BCUT2D eigenvalue weighted by Crippen LogP contribution is -2.28. The Bertz CT molecular complexity index is 1610. The number of carbonyl (C=O) groups is 1. The van der Waals surface area contributed by atoms with Crippen LogP contribution in [0, 0.1) is 0 Å². The maximum absolute atomic E-state index is 12.2. The van der Waals surface area contributed by atoms with E-state index >= 15 is 0 Å². The van der Waals surface area contributed by atoms with Crippen LogP contribution in [-0.2, 0) is 6.42 Å². The van der Waals surface area contributed by atoms with Gasteiger partial charge >= 0.3 is 6.03 Å². The summed E-state index contributed by atoms with van der Waals surface area (Å²) in [6, 6.07) is 24.6. The third-order valence-electron chi connectivity index (χ3n) is 7.11. The molecule has 228 valence electrons. The number of aromatic amines is 1. The molecule has 0 bridgehead atoms. The molecule has 0 unspecified atom stereocenters. The molecule has 44 heavy (non-hydrogen) atoms. The summed E-state index contributed by atoms with van der Waals surface area (Å²) in [5, 5.41) is 18.2. The van der Waals surface area contributed by atoms with Gasteiger partial charge in [-0.1, -0.05) is 37.3 Å². The number of carbonyl (C=O) groups excluding carboxylic acids is 1. The van der Waals surface area contributed by atoms with E-state index in [2.05, 4.69) is 42.7 Å². The molecule has 0 spiro atoms. The number of likely N-dealkylation sites (N-methyl/N-ethyl adjacent to an activating group) is 1. The monoisotopic (exact) mass is 594 g/mol. The van der Waals surface area contributed by atoms with E-state index in [1.807, 2.05) is 78.9 Å². The third-order valence-corrected chi connectivity index (χ3v) is 7.11. The van der Waals surface area contributed by atoms with Crippen molar-refractivity contribution in [2.45, 2.75) is 19.8 Å². The molecule has 11 nitrogen and oxygen atoms in total. The van der Waals surface area contributed by atoms with Crippen LogP contribution >= 0.6 is 0 Å². The van der Waals surface area contributed by atoms with Gasteiger partial charge in [0.1, 0.15) is 17.9 Å². The molecular weight excluding hydrogens is 556 g/mol. The summed E-state index contributed by atoms with van der Waals surface area (Å²) in [6.45, 7) is 6.03. The number of hydrogen-bond acceptors (Lipinski definition) is 8. The van der Waals surface area contributed by atoms with E-state index in [0.29, 0.717) is 48.2 Å². The van der Waals surface area contributed by atoms with Crippen LogP contribution in [0.5, 0.6) is 5.75 Å². The number of amides is 2. The SMILES string of the molecule is CCN(CCO)CCCOc1ccc(-c2nc3c(NCCc4ccc(NC(=O)Nc5ccccc5)cc4)ncnc3[nH]2)cc1. The van der Waals surface area contributed by atoms with Crippen molar-refractivity contribution >= 4 is 34.4 Å². The van der Waals surface area contributed by atoms with Crippen molar-refractivity contribution in [1.82, 2.24) is 24.8 Å². The van der Waals surface area contributed by atoms with Crippen molar-refractivity contribution in [3.05, 3.63) is 90.8 Å². The van der Waals surface area contributed by atoms with Gasteiger partial charge in [0, 0.05) is 36.6 Å². The van der Waals surface area contributed by atoms with Gasteiger partial charge < -0.3 is 35.7 Å². The predicted octanol–water partition coefficient (Wildman–Crippen LogP) is 5.40. The molecular formula is C33H38N8O3. The highest BCUT2D eigenvalue weighted by molar-refractivity contribution is 5.99. The largest absolute Gasteiger partial charge is 0.494 e. The number of ether oxygens (including phenoxy) is 1. The number of imidazole rings is 1. The summed E-state index contributed by atoms with van der Waals surface area (Å²) in [5.41, 5.74) is 4.83. The van der Waals surface area contributed by atoms with Gasteiger partial charge in [-0.3, -0.25) is 0 Å². The molecule has 0 aliphatic carbocycles. The molecule has 0 saturated heterocycles. The van der Waals surface area contributed by atoms with Gasteiger partial charge in [-0.2, -0.15) is 0 Å². The summed E-state index contributed by atoms with van der Waals surface area (Å²) in [5.74, 6) is 2.17. The quantitative estimate of drug-likeness (QED) is 0.102. The number of aliphatic hydroxyl groups excluding tert-OH is 1. The fourth-order valence-electron chi connectivity index (χ4n) is 4.75. The Morgan fingerprint density at radius 3 is 2.41 bits per heavy atom.